The number of fused-ring (bicyclic) bond motifs is 1. The number of nitrogen functional groups attached to an aromatic ring is 1. The third-order valence-electron chi connectivity index (χ3n) is 5.36. The molecule has 6 heteroatoms. The first-order valence-electron chi connectivity index (χ1n) is 9.41. The van der Waals surface area contributed by atoms with Crippen molar-refractivity contribution in [1.29, 1.82) is 0 Å². The number of rotatable bonds is 6. The number of carbonyl (C=O) groups is 1. The molecular formula is C20H26N4OS+2. The SMILES string of the molecule is Nc1n(CC[NH+]2CCCCC2)c2ccccc2[n+]1CC(=O)c1cccs1. The van der Waals surface area contributed by atoms with Crippen molar-refractivity contribution in [2.45, 2.75) is 32.4 Å². The van der Waals surface area contributed by atoms with Crippen molar-refractivity contribution < 1.29 is 14.3 Å². The van der Waals surface area contributed by atoms with Crippen LogP contribution in [0.3, 0.4) is 0 Å². The van der Waals surface area contributed by atoms with Gasteiger partial charge >= 0.3 is 5.95 Å². The van der Waals surface area contributed by atoms with E-state index in [1.165, 1.54) is 43.7 Å². The fraction of sp³-hybridized carbons (Fsp3) is 0.400. The molecule has 1 aliphatic heterocycles. The molecule has 0 atom stereocenters. The number of hydrogen-bond acceptors (Lipinski definition) is 3. The third-order valence-corrected chi connectivity index (χ3v) is 6.27. The summed E-state index contributed by atoms with van der Waals surface area (Å²) in [5.74, 6) is 0.786. The van der Waals surface area contributed by atoms with Crippen LogP contribution in [0.5, 0.6) is 0 Å². The van der Waals surface area contributed by atoms with Crippen LogP contribution in [-0.4, -0.2) is 30.0 Å². The summed E-state index contributed by atoms with van der Waals surface area (Å²) in [6.45, 7) is 4.78. The molecular weight excluding hydrogens is 344 g/mol. The van der Waals surface area contributed by atoms with Crippen molar-refractivity contribution in [3.63, 3.8) is 0 Å². The Hall–Kier alpha value is -2.18. The van der Waals surface area contributed by atoms with E-state index in [1.54, 1.807) is 4.90 Å². The van der Waals surface area contributed by atoms with Gasteiger partial charge in [0.05, 0.1) is 18.0 Å². The molecule has 1 aliphatic rings. The number of aromatic nitrogens is 2. The molecule has 0 spiro atoms. The van der Waals surface area contributed by atoms with Gasteiger partial charge in [0.1, 0.15) is 30.7 Å². The van der Waals surface area contributed by atoms with Gasteiger partial charge in [-0.25, -0.2) is 9.13 Å². The second kappa shape index (κ2) is 7.60. The monoisotopic (exact) mass is 370 g/mol. The van der Waals surface area contributed by atoms with Crippen LogP contribution < -0.4 is 15.2 Å². The van der Waals surface area contributed by atoms with E-state index < -0.39 is 0 Å². The van der Waals surface area contributed by atoms with Crippen LogP contribution in [0.25, 0.3) is 11.0 Å². The van der Waals surface area contributed by atoms with Crippen LogP contribution in [0.1, 0.15) is 28.9 Å². The molecule has 0 unspecified atom stereocenters. The summed E-state index contributed by atoms with van der Waals surface area (Å²) in [6.07, 6.45) is 4.02. The number of piperidine rings is 1. The highest BCUT2D eigenvalue weighted by molar-refractivity contribution is 7.12. The van der Waals surface area contributed by atoms with Gasteiger partial charge in [0.15, 0.2) is 0 Å². The van der Waals surface area contributed by atoms with Crippen molar-refractivity contribution >= 4 is 34.1 Å². The first kappa shape index (κ1) is 17.2. The predicted molar refractivity (Wildman–Crippen MR) is 105 cm³/mol. The van der Waals surface area contributed by atoms with Gasteiger partial charge in [-0.05, 0) is 42.8 Å². The largest absolute Gasteiger partial charge is 0.356 e. The first-order chi connectivity index (χ1) is 12.7. The molecule has 0 saturated carbocycles. The number of thiophene rings is 1. The zero-order chi connectivity index (χ0) is 17.9. The number of imidazole rings is 1. The van der Waals surface area contributed by atoms with E-state index in [-0.39, 0.29) is 12.3 Å². The van der Waals surface area contributed by atoms with Crippen LogP contribution in [0.2, 0.25) is 0 Å². The lowest BCUT2D eigenvalue weighted by Crippen LogP contribution is -3.13. The van der Waals surface area contributed by atoms with Gasteiger partial charge in [-0.2, -0.15) is 0 Å². The van der Waals surface area contributed by atoms with E-state index >= 15 is 0 Å². The normalized spacial score (nSPS) is 15.5. The van der Waals surface area contributed by atoms with Gasteiger partial charge in [0.25, 0.3) is 0 Å². The average Bonchev–Trinajstić information content (AvgIpc) is 3.29. The molecule has 3 heterocycles. The first-order valence-corrected chi connectivity index (χ1v) is 10.3. The maximum Gasteiger partial charge on any atom is 0.356 e. The number of anilines is 1. The number of nitrogens with one attached hydrogen (secondary N) is 1. The number of benzene rings is 1. The number of para-hydroxylation sites is 2. The fourth-order valence-electron chi connectivity index (χ4n) is 3.94. The highest BCUT2D eigenvalue weighted by Gasteiger charge is 2.24. The molecule has 136 valence electrons. The Bertz CT molecular complexity index is 894. The van der Waals surface area contributed by atoms with Crippen molar-refractivity contribution in [3.05, 3.63) is 46.7 Å². The molecule has 1 saturated heterocycles. The fourth-order valence-corrected chi connectivity index (χ4v) is 4.60. The van der Waals surface area contributed by atoms with Crippen molar-refractivity contribution in [2.75, 3.05) is 25.4 Å². The Morgan fingerprint density at radius 2 is 1.96 bits per heavy atom. The third kappa shape index (κ3) is 3.39. The summed E-state index contributed by atoms with van der Waals surface area (Å²) in [5.41, 5.74) is 8.64. The highest BCUT2D eigenvalue weighted by atomic mass is 32.1. The number of quaternary nitrogens is 1. The topological polar surface area (TPSA) is 56.3 Å². The van der Waals surface area contributed by atoms with Crippen molar-refractivity contribution in [1.82, 2.24) is 4.57 Å². The van der Waals surface area contributed by atoms with Crippen LogP contribution in [-0.2, 0) is 13.1 Å². The highest BCUT2D eigenvalue weighted by Crippen LogP contribution is 2.17. The smallest absolute Gasteiger partial charge is 0.332 e. The predicted octanol–water partition coefficient (Wildman–Crippen LogP) is 1.52. The van der Waals surface area contributed by atoms with Gasteiger partial charge in [-0.15, -0.1) is 11.3 Å². The molecule has 2 aromatic heterocycles. The maximum atomic E-state index is 12.6. The molecule has 1 aromatic carbocycles. The van der Waals surface area contributed by atoms with Gasteiger partial charge in [-0.3, -0.25) is 10.5 Å². The van der Waals surface area contributed by atoms with Crippen LogP contribution in [0, 0.1) is 0 Å². The number of likely N-dealkylation sites (tertiary alicyclic amines) is 1. The summed E-state index contributed by atoms with van der Waals surface area (Å²) in [5, 5.41) is 1.94. The van der Waals surface area contributed by atoms with Crippen molar-refractivity contribution in [3.8, 4) is 0 Å². The van der Waals surface area contributed by atoms with Gasteiger partial charge in [0, 0.05) is 0 Å². The standard InChI is InChI=1S/C20H24N4OS/c21-20-23(13-12-22-10-4-1-5-11-22)16-7-2-3-8-17(16)24(20)15-18(25)19-9-6-14-26-19/h2-3,6-9,14,21H,1,4-5,10-13,15H2/p+2. The van der Waals surface area contributed by atoms with Crippen LogP contribution in [0.4, 0.5) is 5.95 Å². The van der Waals surface area contributed by atoms with Crippen LogP contribution >= 0.6 is 11.3 Å². The second-order valence-electron chi connectivity index (χ2n) is 7.05. The molecule has 4 rings (SSSR count). The summed E-state index contributed by atoms with van der Waals surface area (Å²) in [4.78, 5) is 15.1. The number of nitrogens with zero attached hydrogens (tertiary/aromatic N) is 2. The number of nitrogens with two attached hydrogens (primary N) is 1. The molecule has 3 aromatic rings. The van der Waals surface area contributed by atoms with Gasteiger partial charge in [-0.1, -0.05) is 18.2 Å². The minimum Gasteiger partial charge on any atom is -0.332 e. The van der Waals surface area contributed by atoms with E-state index in [1.807, 2.05) is 34.2 Å². The molecule has 0 bridgehead atoms. The molecule has 0 radical (unpaired) electrons. The van der Waals surface area contributed by atoms with Gasteiger partial charge < -0.3 is 4.90 Å². The Kier molecular flexibility index (Phi) is 5.04. The second-order valence-corrected chi connectivity index (χ2v) is 7.99. The van der Waals surface area contributed by atoms with Crippen molar-refractivity contribution in [2.24, 2.45) is 0 Å². The Morgan fingerprint density at radius 1 is 1.15 bits per heavy atom. The molecule has 1 fully saturated rings. The van der Waals surface area contributed by atoms with E-state index in [9.17, 15) is 4.79 Å². The van der Waals surface area contributed by atoms with E-state index in [4.69, 9.17) is 5.73 Å². The van der Waals surface area contributed by atoms with Gasteiger partial charge in [0.2, 0.25) is 5.78 Å². The Morgan fingerprint density at radius 3 is 2.73 bits per heavy atom. The zero-order valence-electron chi connectivity index (χ0n) is 15.0. The van der Waals surface area contributed by atoms with Crippen LogP contribution in [0.15, 0.2) is 41.8 Å². The minimum absolute atomic E-state index is 0.112. The van der Waals surface area contributed by atoms with E-state index in [2.05, 4.69) is 16.7 Å². The molecule has 5 nitrogen and oxygen atoms in total. The van der Waals surface area contributed by atoms with E-state index in [0.29, 0.717) is 5.95 Å². The lowest BCUT2D eigenvalue weighted by Gasteiger charge is -2.22. The number of hydrogen-bond donors (Lipinski definition) is 2. The average molecular weight is 371 g/mol. The summed E-state index contributed by atoms with van der Waals surface area (Å²) < 4.78 is 4.14. The molecule has 3 N–H and O–H groups in total. The maximum absolute atomic E-state index is 12.6. The van der Waals surface area contributed by atoms with E-state index in [0.717, 1.165) is 29.0 Å². The summed E-state index contributed by atoms with van der Waals surface area (Å²) in [7, 11) is 0. The quantitative estimate of drug-likeness (QED) is 0.511. The zero-order valence-corrected chi connectivity index (χ0v) is 15.8. The Labute approximate surface area is 157 Å². The lowest BCUT2D eigenvalue weighted by atomic mass is 10.1. The Balaban J connectivity index is 1.61. The minimum atomic E-state index is 0.112. The molecule has 0 amide bonds. The number of ketones is 1. The molecule has 26 heavy (non-hydrogen) atoms. The number of carbonyl (C=O) groups excluding carboxylic acids is 1. The summed E-state index contributed by atoms with van der Waals surface area (Å²) >= 11 is 1.48. The molecule has 0 aliphatic carbocycles. The number of Topliss-reactive ketones (excluding diaryl/α,β-unsaturated/α-hetero) is 1. The summed E-state index contributed by atoms with van der Waals surface area (Å²) in [6, 6.07) is 12.0. The lowest BCUT2D eigenvalue weighted by molar-refractivity contribution is -0.905.